The van der Waals surface area contributed by atoms with E-state index in [4.69, 9.17) is 9.47 Å². The lowest BCUT2D eigenvalue weighted by atomic mass is 10.1. The van der Waals surface area contributed by atoms with Gasteiger partial charge in [0.2, 0.25) is 0 Å². The predicted octanol–water partition coefficient (Wildman–Crippen LogP) is 1.19. The van der Waals surface area contributed by atoms with Crippen LogP contribution in [0.3, 0.4) is 0 Å². The van der Waals surface area contributed by atoms with E-state index < -0.39 is 5.60 Å². The molecular weight excluding hydrogens is 246 g/mol. The predicted molar refractivity (Wildman–Crippen MR) is 72.9 cm³/mol. The molecule has 1 atom stereocenters. The molecule has 0 aromatic rings. The molecule has 1 unspecified atom stereocenters. The van der Waals surface area contributed by atoms with Crippen LogP contribution in [0.4, 0.5) is 0 Å². The summed E-state index contributed by atoms with van der Waals surface area (Å²) >= 11 is 0. The normalized spacial score (nSPS) is 24.2. The lowest BCUT2D eigenvalue weighted by Gasteiger charge is -2.42. The molecule has 1 saturated heterocycles. The van der Waals surface area contributed by atoms with Crippen molar-refractivity contribution >= 4 is 5.97 Å². The number of hydrogen-bond donors (Lipinski definition) is 1. The summed E-state index contributed by atoms with van der Waals surface area (Å²) in [4.78, 5) is 13.8. The Morgan fingerprint density at radius 2 is 2.11 bits per heavy atom. The molecule has 1 aliphatic rings. The van der Waals surface area contributed by atoms with Crippen LogP contribution in [-0.2, 0) is 14.3 Å². The van der Waals surface area contributed by atoms with E-state index in [1.165, 1.54) is 0 Å². The Morgan fingerprint density at radius 1 is 1.47 bits per heavy atom. The van der Waals surface area contributed by atoms with Gasteiger partial charge in [-0.05, 0) is 34.6 Å². The van der Waals surface area contributed by atoms with Crippen molar-refractivity contribution in [3.8, 4) is 0 Å². The highest BCUT2D eigenvalue weighted by Gasteiger charge is 2.33. The summed E-state index contributed by atoms with van der Waals surface area (Å²) in [6.45, 7) is 11.6. The quantitative estimate of drug-likeness (QED) is 0.780. The Morgan fingerprint density at radius 3 is 2.63 bits per heavy atom. The molecule has 112 valence electrons. The number of morpholine rings is 1. The van der Waals surface area contributed by atoms with Crippen LogP contribution in [0.1, 0.15) is 41.0 Å². The highest BCUT2D eigenvalue weighted by Crippen LogP contribution is 2.21. The topological polar surface area (TPSA) is 59.0 Å². The Balaban J connectivity index is 2.42. The van der Waals surface area contributed by atoms with Gasteiger partial charge in [0.1, 0.15) is 5.60 Å². The molecule has 0 aliphatic carbocycles. The van der Waals surface area contributed by atoms with Gasteiger partial charge in [0.25, 0.3) is 0 Å². The van der Waals surface area contributed by atoms with Gasteiger partial charge in [-0.15, -0.1) is 0 Å². The van der Waals surface area contributed by atoms with Crippen LogP contribution in [0.2, 0.25) is 0 Å². The van der Waals surface area contributed by atoms with Crippen LogP contribution in [0, 0.1) is 0 Å². The van der Waals surface area contributed by atoms with E-state index >= 15 is 0 Å². The van der Waals surface area contributed by atoms with Crippen molar-refractivity contribution in [1.29, 1.82) is 0 Å². The number of aliphatic hydroxyl groups is 1. The fraction of sp³-hybridized carbons (Fsp3) is 0.929. The molecule has 5 nitrogen and oxygen atoms in total. The first-order valence-corrected chi connectivity index (χ1v) is 6.84. The molecule has 1 N–H and O–H groups in total. The molecule has 1 aliphatic heterocycles. The maximum absolute atomic E-state index is 11.7. The number of aliphatic hydroxyl groups excluding tert-OH is 1. The molecule has 5 heteroatoms. The molecule has 1 fully saturated rings. The average Bonchev–Trinajstić information content (AvgIpc) is 2.22. The molecule has 1 rings (SSSR count). The summed E-state index contributed by atoms with van der Waals surface area (Å²) in [5.74, 6) is -0.183. The third-order valence-corrected chi connectivity index (χ3v) is 2.81. The molecule has 0 amide bonds. The molecule has 19 heavy (non-hydrogen) atoms. The van der Waals surface area contributed by atoms with Gasteiger partial charge in [0, 0.05) is 19.6 Å². The lowest BCUT2D eigenvalue weighted by Crippen LogP contribution is -2.54. The van der Waals surface area contributed by atoms with Gasteiger partial charge >= 0.3 is 5.97 Å². The minimum absolute atomic E-state index is 0.00632. The number of carbonyl (C=O) groups is 1. The summed E-state index contributed by atoms with van der Waals surface area (Å²) in [5, 5.41) is 9.23. The van der Waals surface area contributed by atoms with Gasteiger partial charge < -0.3 is 14.6 Å². The van der Waals surface area contributed by atoms with Crippen molar-refractivity contribution in [3.05, 3.63) is 0 Å². The first-order valence-electron chi connectivity index (χ1n) is 6.84. The third-order valence-electron chi connectivity index (χ3n) is 2.81. The van der Waals surface area contributed by atoms with E-state index in [2.05, 4.69) is 4.90 Å². The van der Waals surface area contributed by atoms with E-state index in [1.54, 1.807) is 0 Å². The van der Waals surface area contributed by atoms with Crippen molar-refractivity contribution in [3.63, 3.8) is 0 Å². The molecule has 0 spiro atoms. The molecular formula is C14H27NO4. The summed E-state index contributed by atoms with van der Waals surface area (Å²) in [6.07, 6.45) is 0.188. The second-order valence-electron chi connectivity index (χ2n) is 6.75. The summed E-state index contributed by atoms with van der Waals surface area (Å²) in [7, 11) is 0. The lowest BCUT2D eigenvalue weighted by molar-refractivity contribution is -0.161. The standard InChI is InChI=1S/C14H27NO4/c1-13(2,3)19-12(17)6-7-15-8-11(9-16)18-14(4,5)10-15/h11,16H,6-10H2,1-5H3. The Kier molecular flexibility index (Phi) is 5.35. The number of nitrogens with zero attached hydrogens (tertiary/aromatic N) is 1. The number of ether oxygens (including phenoxy) is 2. The molecule has 0 aromatic heterocycles. The van der Waals surface area contributed by atoms with E-state index in [0.717, 1.165) is 6.54 Å². The average molecular weight is 273 g/mol. The monoisotopic (exact) mass is 273 g/mol. The smallest absolute Gasteiger partial charge is 0.307 e. The van der Waals surface area contributed by atoms with Crippen LogP contribution in [-0.4, -0.2) is 59.5 Å². The van der Waals surface area contributed by atoms with Crippen molar-refractivity contribution in [2.45, 2.75) is 58.3 Å². The van der Waals surface area contributed by atoms with E-state index in [0.29, 0.717) is 19.5 Å². The van der Waals surface area contributed by atoms with E-state index in [-0.39, 0.29) is 24.3 Å². The molecule has 0 aromatic carbocycles. The minimum Gasteiger partial charge on any atom is -0.460 e. The summed E-state index contributed by atoms with van der Waals surface area (Å²) < 4.78 is 11.0. The first-order chi connectivity index (χ1) is 8.61. The molecule has 0 saturated carbocycles. The molecule has 0 radical (unpaired) electrons. The second-order valence-corrected chi connectivity index (χ2v) is 6.75. The largest absolute Gasteiger partial charge is 0.460 e. The van der Waals surface area contributed by atoms with E-state index in [1.807, 2.05) is 34.6 Å². The minimum atomic E-state index is -0.436. The van der Waals surface area contributed by atoms with Crippen LogP contribution in [0.15, 0.2) is 0 Å². The summed E-state index contributed by atoms with van der Waals surface area (Å²) in [5.41, 5.74) is -0.728. The van der Waals surface area contributed by atoms with Gasteiger partial charge in [0.05, 0.1) is 24.7 Å². The first kappa shape index (κ1) is 16.4. The van der Waals surface area contributed by atoms with Crippen molar-refractivity contribution in [2.24, 2.45) is 0 Å². The number of rotatable bonds is 4. The third kappa shape index (κ3) is 6.36. The Hall–Kier alpha value is -0.650. The second kappa shape index (κ2) is 6.20. The highest BCUT2D eigenvalue weighted by atomic mass is 16.6. The molecule has 0 bridgehead atoms. The van der Waals surface area contributed by atoms with E-state index in [9.17, 15) is 9.90 Å². The zero-order chi connectivity index (χ0) is 14.7. The van der Waals surface area contributed by atoms with Crippen LogP contribution >= 0.6 is 0 Å². The summed E-state index contributed by atoms with van der Waals surface area (Å²) in [6, 6.07) is 0. The number of esters is 1. The number of carbonyl (C=O) groups excluding carboxylic acids is 1. The maximum Gasteiger partial charge on any atom is 0.307 e. The molecule has 1 heterocycles. The van der Waals surface area contributed by atoms with Crippen LogP contribution in [0.5, 0.6) is 0 Å². The Labute approximate surface area is 115 Å². The van der Waals surface area contributed by atoms with Crippen LogP contribution in [0.25, 0.3) is 0 Å². The zero-order valence-electron chi connectivity index (χ0n) is 12.7. The van der Waals surface area contributed by atoms with Crippen molar-refractivity contribution < 1.29 is 19.4 Å². The fourth-order valence-corrected chi connectivity index (χ4v) is 2.32. The Bertz CT molecular complexity index is 309. The van der Waals surface area contributed by atoms with Crippen molar-refractivity contribution in [2.75, 3.05) is 26.2 Å². The number of hydrogen-bond acceptors (Lipinski definition) is 5. The fourth-order valence-electron chi connectivity index (χ4n) is 2.32. The SMILES string of the molecule is CC(C)(C)OC(=O)CCN1CC(CO)OC(C)(C)C1. The van der Waals surface area contributed by atoms with Crippen LogP contribution < -0.4 is 0 Å². The van der Waals surface area contributed by atoms with Crippen molar-refractivity contribution in [1.82, 2.24) is 4.90 Å². The van der Waals surface area contributed by atoms with Gasteiger partial charge in [0.15, 0.2) is 0 Å². The van der Waals surface area contributed by atoms with Gasteiger partial charge in [-0.25, -0.2) is 0 Å². The van der Waals surface area contributed by atoms with Gasteiger partial charge in [-0.1, -0.05) is 0 Å². The zero-order valence-corrected chi connectivity index (χ0v) is 12.7. The highest BCUT2D eigenvalue weighted by molar-refractivity contribution is 5.70. The van der Waals surface area contributed by atoms with Gasteiger partial charge in [-0.2, -0.15) is 0 Å². The maximum atomic E-state index is 11.7. The van der Waals surface area contributed by atoms with Gasteiger partial charge in [-0.3, -0.25) is 9.69 Å².